The molecule has 0 saturated carbocycles. The minimum absolute atomic E-state index is 0.490. The zero-order valence-electron chi connectivity index (χ0n) is 14.1. The zero-order valence-corrected chi connectivity index (χ0v) is 14.9. The minimum atomic E-state index is 0.490. The van der Waals surface area contributed by atoms with Gasteiger partial charge in [-0.15, -0.1) is 0 Å². The Morgan fingerprint density at radius 3 is 2.12 bits per heavy atom. The molecule has 1 unspecified atom stereocenters. The van der Waals surface area contributed by atoms with Crippen LogP contribution in [0.3, 0.4) is 0 Å². The van der Waals surface area contributed by atoms with Gasteiger partial charge in [-0.1, -0.05) is 55.5 Å². The molecule has 2 N–H and O–H groups in total. The normalized spacial score (nSPS) is 23.3. The third kappa shape index (κ3) is 2.61. The van der Waals surface area contributed by atoms with Crippen molar-refractivity contribution in [2.45, 2.75) is 31.6 Å². The maximum atomic E-state index is 5.41. The summed E-state index contributed by atoms with van der Waals surface area (Å²) in [7, 11) is 0. The van der Waals surface area contributed by atoms with Crippen LogP contribution in [0.5, 0.6) is 0 Å². The monoisotopic (exact) mass is 336 g/mol. The largest absolute Gasteiger partial charge is 0.363 e. The van der Waals surface area contributed by atoms with Crippen molar-refractivity contribution in [2.24, 2.45) is 5.92 Å². The molecule has 5 rings (SSSR count). The number of nitrogens with one attached hydrogen (secondary N) is 2. The SMILES string of the molecule is CCCNC(=S)NCC1CC2c3ccccc3C1c1ccccc12. The molecule has 2 aromatic carbocycles. The highest BCUT2D eigenvalue weighted by atomic mass is 32.1. The van der Waals surface area contributed by atoms with E-state index in [0.29, 0.717) is 17.8 Å². The summed E-state index contributed by atoms with van der Waals surface area (Å²) in [5.41, 5.74) is 6.10. The molecular weight excluding hydrogens is 312 g/mol. The van der Waals surface area contributed by atoms with Crippen LogP contribution in [0, 0.1) is 5.92 Å². The van der Waals surface area contributed by atoms with Crippen LogP contribution >= 0.6 is 12.2 Å². The Morgan fingerprint density at radius 1 is 0.958 bits per heavy atom. The van der Waals surface area contributed by atoms with E-state index < -0.39 is 0 Å². The van der Waals surface area contributed by atoms with Gasteiger partial charge in [0.15, 0.2) is 5.11 Å². The van der Waals surface area contributed by atoms with Crippen molar-refractivity contribution in [2.75, 3.05) is 13.1 Å². The molecule has 3 heteroatoms. The second kappa shape index (κ2) is 6.56. The first-order chi connectivity index (χ1) is 11.8. The lowest BCUT2D eigenvalue weighted by Gasteiger charge is -2.45. The van der Waals surface area contributed by atoms with Crippen LogP contribution < -0.4 is 10.6 Å². The molecule has 0 spiro atoms. The summed E-state index contributed by atoms with van der Waals surface area (Å²) in [5, 5.41) is 7.52. The Hall–Kier alpha value is -1.87. The number of benzene rings is 2. The summed E-state index contributed by atoms with van der Waals surface area (Å²) in [6.07, 6.45) is 2.30. The van der Waals surface area contributed by atoms with Crippen LogP contribution in [0.2, 0.25) is 0 Å². The summed E-state index contributed by atoms with van der Waals surface area (Å²) in [6, 6.07) is 18.0. The Bertz CT molecular complexity index is 708. The molecule has 0 heterocycles. The smallest absolute Gasteiger partial charge is 0.166 e. The maximum Gasteiger partial charge on any atom is 0.166 e. The summed E-state index contributed by atoms with van der Waals surface area (Å²) in [5.74, 6) is 1.62. The van der Waals surface area contributed by atoms with E-state index in [-0.39, 0.29) is 0 Å². The second-order valence-electron chi connectivity index (χ2n) is 6.92. The molecule has 1 atom stereocenters. The lowest BCUT2D eigenvalue weighted by atomic mass is 9.59. The fourth-order valence-electron chi connectivity index (χ4n) is 4.48. The molecule has 2 bridgehead atoms. The van der Waals surface area contributed by atoms with Crippen LogP contribution in [-0.4, -0.2) is 18.2 Å². The highest BCUT2D eigenvalue weighted by molar-refractivity contribution is 7.80. The van der Waals surface area contributed by atoms with Crippen molar-refractivity contribution in [3.63, 3.8) is 0 Å². The van der Waals surface area contributed by atoms with Crippen molar-refractivity contribution in [3.8, 4) is 0 Å². The van der Waals surface area contributed by atoms with E-state index in [9.17, 15) is 0 Å². The fourth-order valence-corrected chi connectivity index (χ4v) is 4.67. The van der Waals surface area contributed by atoms with E-state index in [4.69, 9.17) is 12.2 Å². The number of fused-ring (bicyclic) bond motifs is 1. The molecule has 2 aromatic rings. The topological polar surface area (TPSA) is 24.1 Å². The summed E-state index contributed by atoms with van der Waals surface area (Å²) >= 11 is 5.41. The van der Waals surface area contributed by atoms with E-state index in [2.05, 4.69) is 66.1 Å². The molecule has 0 fully saturated rings. The third-order valence-electron chi connectivity index (χ3n) is 5.48. The van der Waals surface area contributed by atoms with Gasteiger partial charge in [-0.05, 0) is 53.2 Å². The van der Waals surface area contributed by atoms with Gasteiger partial charge in [-0.2, -0.15) is 0 Å². The van der Waals surface area contributed by atoms with E-state index in [1.165, 1.54) is 28.7 Å². The predicted octanol–water partition coefficient (Wildman–Crippen LogP) is 4.16. The van der Waals surface area contributed by atoms with Crippen molar-refractivity contribution < 1.29 is 0 Å². The summed E-state index contributed by atoms with van der Waals surface area (Å²) < 4.78 is 0. The van der Waals surface area contributed by atoms with Crippen LogP contribution in [0.4, 0.5) is 0 Å². The Balaban J connectivity index is 1.60. The van der Waals surface area contributed by atoms with E-state index in [1.807, 2.05) is 0 Å². The van der Waals surface area contributed by atoms with Gasteiger partial charge in [-0.25, -0.2) is 0 Å². The van der Waals surface area contributed by atoms with Gasteiger partial charge in [0.05, 0.1) is 0 Å². The first kappa shape index (κ1) is 15.6. The lowest BCUT2D eigenvalue weighted by molar-refractivity contribution is 0.354. The minimum Gasteiger partial charge on any atom is -0.363 e. The van der Waals surface area contributed by atoms with Crippen LogP contribution in [0.15, 0.2) is 48.5 Å². The standard InChI is InChI=1S/C21H24N2S/c1-2-11-22-21(24)23-13-14-12-19-15-7-3-5-9-17(15)20(14)18-10-6-4-8-16(18)19/h3-10,14,19-20H,2,11-13H2,1H3,(H2,22,23,24). The molecule has 0 aromatic heterocycles. The molecule has 0 saturated heterocycles. The fraction of sp³-hybridized carbons (Fsp3) is 0.381. The van der Waals surface area contributed by atoms with Gasteiger partial charge in [0.2, 0.25) is 0 Å². The van der Waals surface area contributed by atoms with Crippen molar-refractivity contribution >= 4 is 17.3 Å². The van der Waals surface area contributed by atoms with Gasteiger partial charge in [0, 0.05) is 24.9 Å². The van der Waals surface area contributed by atoms with Gasteiger partial charge >= 0.3 is 0 Å². The number of hydrogen-bond donors (Lipinski definition) is 2. The Kier molecular flexibility index (Phi) is 4.28. The van der Waals surface area contributed by atoms with Crippen molar-refractivity contribution in [1.29, 1.82) is 0 Å². The quantitative estimate of drug-likeness (QED) is 0.820. The average Bonchev–Trinajstić information content (AvgIpc) is 2.65. The summed E-state index contributed by atoms with van der Waals surface area (Å²) in [4.78, 5) is 0. The molecule has 0 aliphatic heterocycles. The molecule has 2 nitrogen and oxygen atoms in total. The average molecular weight is 337 g/mol. The highest BCUT2D eigenvalue weighted by Gasteiger charge is 2.42. The maximum absolute atomic E-state index is 5.41. The molecule has 24 heavy (non-hydrogen) atoms. The number of thiocarbonyl (C=S) groups is 1. The van der Waals surface area contributed by atoms with Crippen LogP contribution in [-0.2, 0) is 0 Å². The first-order valence-electron chi connectivity index (χ1n) is 8.99. The van der Waals surface area contributed by atoms with Gasteiger partial charge in [0.25, 0.3) is 0 Å². The molecule has 3 aliphatic rings. The first-order valence-corrected chi connectivity index (χ1v) is 9.39. The molecular formula is C21H24N2S. The highest BCUT2D eigenvalue weighted by Crippen LogP contribution is 2.54. The number of rotatable bonds is 4. The zero-order chi connectivity index (χ0) is 16.5. The second-order valence-corrected chi connectivity index (χ2v) is 7.33. The van der Waals surface area contributed by atoms with Gasteiger partial charge < -0.3 is 10.6 Å². The Labute approximate surface area is 149 Å². The Morgan fingerprint density at radius 2 is 1.54 bits per heavy atom. The van der Waals surface area contributed by atoms with Crippen molar-refractivity contribution in [3.05, 3.63) is 70.8 Å². The predicted molar refractivity (Wildman–Crippen MR) is 104 cm³/mol. The van der Waals surface area contributed by atoms with Crippen LogP contribution in [0.1, 0.15) is 53.9 Å². The van der Waals surface area contributed by atoms with E-state index in [1.54, 1.807) is 0 Å². The van der Waals surface area contributed by atoms with Crippen molar-refractivity contribution in [1.82, 2.24) is 10.6 Å². The summed E-state index contributed by atoms with van der Waals surface area (Å²) in [6.45, 7) is 4.04. The van der Waals surface area contributed by atoms with Gasteiger partial charge in [0.1, 0.15) is 0 Å². The third-order valence-corrected chi connectivity index (χ3v) is 5.77. The van der Waals surface area contributed by atoms with E-state index in [0.717, 1.165) is 24.6 Å². The van der Waals surface area contributed by atoms with E-state index >= 15 is 0 Å². The molecule has 0 radical (unpaired) electrons. The molecule has 3 aliphatic carbocycles. The van der Waals surface area contributed by atoms with Crippen LogP contribution in [0.25, 0.3) is 0 Å². The molecule has 0 amide bonds. The lowest BCUT2D eigenvalue weighted by Crippen LogP contribution is -2.42. The molecule has 124 valence electrons. The number of hydrogen-bond acceptors (Lipinski definition) is 1. The van der Waals surface area contributed by atoms with Gasteiger partial charge in [-0.3, -0.25) is 0 Å².